The Kier molecular flexibility index (Phi) is 3.40. The van der Waals surface area contributed by atoms with Gasteiger partial charge in [-0.1, -0.05) is 48.5 Å². The minimum absolute atomic E-state index is 0.148. The van der Waals surface area contributed by atoms with Crippen LogP contribution in [0, 0.1) is 29.6 Å². The van der Waals surface area contributed by atoms with Crippen molar-refractivity contribution in [3.8, 4) is 0 Å². The van der Waals surface area contributed by atoms with Gasteiger partial charge in [0.05, 0.1) is 0 Å². The molecule has 12 heavy (non-hydrogen) atoms. The molecule has 0 aliphatic heterocycles. The average molecular weight is 169 g/mol. The van der Waals surface area contributed by atoms with Gasteiger partial charge < -0.3 is 0 Å². The smallest absolute Gasteiger partial charge is 0.0228 e. The zero-order chi connectivity index (χ0) is 10.2. The minimum atomic E-state index is 0.148. The second-order valence-corrected chi connectivity index (χ2v) is 5.48. The third-order valence-corrected chi connectivity index (χ3v) is 3.86. The molecule has 0 heteroatoms. The highest BCUT2D eigenvalue weighted by molar-refractivity contribution is 4.95. The summed E-state index contributed by atoms with van der Waals surface area (Å²) in [7, 11) is 0. The van der Waals surface area contributed by atoms with Crippen molar-refractivity contribution in [1.29, 1.82) is 0 Å². The quantitative estimate of drug-likeness (QED) is 0.595. The summed E-state index contributed by atoms with van der Waals surface area (Å²) in [4.78, 5) is 0. The van der Waals surface area contributed by atoms with Crippen LogP contribution in [0.15, 0.2) is 0 Å². The van der Waals surface area contributed by atoms with Gasteiger partial charge in [0.15, 0.2) is 0 Å². The molecule has 0 nitrogen and oxygen atoms in total. The van der Waals surface area contributed by atoms with Crippen molar-refractivity contribution in [1.82, 2.24) is 0 Å². The van der Waals surface area contributed by atoms with E-state index in [4.69, 9.17) is 0 Å². The van der Waals surface area contributed by atoms with Crippen LogP contribution in [0.1, 0.15) is 48.5 Å². The highest BCUT2D eigenvalue weighted by Crippen LogP contribution is 2.49. The van der Waals surface area contributed by atoms with E-state index >= 15 is 0 Å². The Balaban J connectivity index is 4.89. The Morgan fingerprint density at radius 3 is 1.08 bits per heavy atom. The largest absolute Gasteiger partial charge is 0.0622 e. The third-order valence-electron chi connectivity index (χ3n) is 3.86. The Morgan fingerprint density at radius 2 is 1.08 bits per heavy atom. The number of rotatable bonds is 3. The fraction of sp³-hybridized carbons (Fsp3) is 0.917. The Bertz CT molecular complexity index is 127. The summed E-state index contributed by atoms with van der Waals surface area (Å²) in [5, 5.41) is 0. The van der Waals surface area contributed by atoms with Gasteiger partial charge in [-0.3, -0.25) is 0 Å². The van der Waals surface area contributed by atoms with Crippen molar-refractivity contribution in [2.45, 2.75) is 48.5 Å². The second kappa shape index (κ2) is 3.40. The van der Waals surface area contributed by atoms with E-state index in [2.05, 4.69) is 55.4 Å². The summed E-state index contributed by atoms with van der Waals surface area (Å²) in [6.07, 6.45) is 0. The molecule has 0 spiro atoms. The van der Waals surface area contributed by atoms with E-state index in [9.17, 15) is 0 Å². The van der Waals surface area contributed by atoms with E-state index in [0.717, 1.165) is 0 Å². The van der Waals surface area contributed by atoms with Crippen molar-refractivity contribution in [3.05, 3.63) is 6.92 Å². The molecule has 0 aliphatic carbocycles. The fourth-order valence-corrected chi connectivity index (χ4v) is 2.23. The van der Waals surface area contributed by atoms with Gasteiger partial charge in [-0.05, 0) is 29.6 Å². The first-order valence-corrected chi connectivity index (χ1v) is 4.99. The van der Waals surface area contributed by atoms with Crippen LogP contribution in [0.4, 0.5) is 0 Å². The lowest BCUT2D eigenvalue weighted by Gasteiger charge is -2.48. The van der Waals surface area contributed by atoms with Gasteiger partial charge in [-0.15, -0.1) is 0 Å². The highest BCUT2D eigenvalue weighted by Gasteiger charge is 2.42. The molecular weight excluding hydrogens is 144 g/mol. The van der Waals surface area contributed by atoms with Crippen molar-refractivity contribution in [3.63, 3.8) is 0 Å². The van der Waals surface area contributed by atoms with Crippen molar-refractivity contribution >= 4 is 0 Å². The van der Waals surface area contributed by atoms with Gasteiger partial charge in [0.2, 0.25) is 0 Å². The lowest BCUT2D eigenvalue weighted by atomic mass is 9.56. The zero-order valence-corrected chi connectivity index (χ0v) is 9.86. The molecule has 0 aromatic rings. The first-order chi connectivity index (χ1) is 5.14. The number of hydrogen-bond acceptors (Lipinski definition) is 0. The molecule has 0 unspecified atom stereocenters. The van der Waals surface area contributed by atoms with E-state index in [0.29, 0.717) is 17.3 Å². The summed E-state index contributed by atoms with van der Waals surface area (Å²) in [6, 6.07) is 0. The highest BCUT2D eigenvalue weighted by atomic mass is 14.5. The van der Waals surface area contributed by atoms with Crippen LogP contribution in [0.3, 0.4) is 0 Å². The van der Waals surface area contributed by atoms with Gasteiger partial charge >= 0.3 is 0 Å². The molecule has 0 bridgehead atoms. The lowest BCUT2D eigenvalue weighted by Crippen LogP contribution is -2.42. The molecular formula is C12H25. The summed E-state index contributed by atoms with van der Waals surface area (Å²) in [6.45, 7) is 20.3. The normalized spacial score (nSPS) is 14.5. The monoisotopic (exact) mass is 169 g/mol. The lowest BCUT2D eigenvalue weighted by molar-refractivity contribution is 0.0199. The summed E-state index contributed by atoms with van der Waals surface area (Å²) >= 11 is 0. The molecule has 0 heterocycles. The van der Waals surface area contributed by atoms with Crippen LogP contribution in [-0.2, 0) is 0 Å². The van der Waals surface area contributed by atoms with Crippen LogP contribution >= 0.6 is 0 Å². The minimum Gasteiger partial charge on any atom is -0.0622 e. The van der Waals surface area contributed by atoms with Crippen molar-refractivity contribution < 1.29 is 0 Å². The topological polar surface area (TPSA) is 0 Å². The predicted molar refractivity (Wildman–Crippen MR) is 56.9 cm³/mol. The van der Waals surface area contributed by atoms with Crippen LogP contribution in [-0.4, -0.2) is 0 Å². The molecule has 0 saturated carbocycles. The van der Waals surface area contributed by atoms with Crippen molar-refractivity contribution in [2.24, 2.45) is 22.7 Å². The molecule has 1 radical (unpaired) electrons. The predicted octanol–water partition coefficient (Wildman–Crippen LogP) is 4.16. The van der Waals surface area contributed by atoms with Gasteiger partial charge in [-0.25, -0.2) is 0 Å². The maximum atomic E-state index is 4.28. The third kappa shape index (κ3) is 1.84. The van der Waals surface area contributed by atoms with Gasteiger partial charge in [0, 0.05) is 0 Å². The molecule has 0 aromatic heterocycles. The Hall–Kier alpha value is 0. The van der Waals surface area contributed by atoms with Crippen LogP contribution in [0.2, 0.25) is 0 Å². The molecule has 0 atom stereocenters. The first kappa shape index (κ1) is 12.0. The van der Waals surface area contributed by atoms with Gasteiger partial charge in [0.1, 0.15) is 0 Å². The SMILES string of the molecule is [CH2]C(C)(C)C(C)(C(C)C)C(C)C. The number of hydrogen-bond donors (Lipinski definition) is 0. The molecule has 0 amide bonds. The van der Waals surface area contributed by atoms with Crippen LogP contribution < -0.4 is 0 Å². The van der Waals surface area contributed by atoms with Gasteiger partial charge in [-0.2, -0.15) is 0 Å². The maximum Gasteiger partial charge on any atom is -0.0228 e. The van der Waals surface area contributed by atoms with Gasteiger partial charge in [0.25, 0.3) is 0 Å². The summed E-state index contributed by atoms with van der Waals surface area (Å²) in [5.74, 6) is 1.37. The van der Waals surface area contributed by atoms with Crippen LogP contribution in [0.25, 0.3) is 0 Å². The molecule has 0 N–H and O–H groups in total. The first-order valence-electron chi connectivity index (χ1n) is 4.99. The van der Waals surface area contributed by atoms with E-state index in [1.54, 1.807) is 0 Å². The van der Waals surface area contributed by atoms with E-state index in [-0.39, 0.29) is 5.41 Å². The van der Waals surface area contributed by atoms with Crippen LogP contribution in [0.5, 0.6) is 0 Å². The zero-order valence-electron chi connectivity index (χ0n) is 9.86. The molecule has 0 saturated heterocycles. The fourth-order valence-electron chi connectivity index (χ4n) is 2.23. The maximum absolute atomic E-state index is 4.28. The molecule has 0 fully saturated rings. The average Bonchev–Trinajstić information content (AvgIpc) is 1.82. The second-order valence-electron chi connectivity index (χ2n) is 5.48. The molecule has 0 rings (SSSR count). The van der Waals surface area contributed by atoms with Crippen molar-refractivity contribution in [2.75, 3.05) is 0 Å². The molecule has 73 valence electrons. The molecule has 0 aromatic carbocycles. The van der Waals surface area contributed by atoms with E-state index in [1.165, 1.54) is 0 Å². The summed E-state index contributed by atoms with van der Waals surface area (Å²) < 4.78 is 0. The molecule has 0 aliphatic rings. The Labute approximate surface area is 78.8 Å². The standard InChI is InChI=1S/C12H25/c1-9(2)12(8,10(3)4)11(5,6)7/h9-10H,5H2,1-4,6-8H3. The Morgan fingerprint density at radius 1 is 0.833 bits per heavy atom. The van der Waals surface area contributed by atoms with E-state index < -0.39 is 0 Å². The van der Waals surface area contributed by atoms with E-state index in [1.807, 2.05) is 0 Å². The summed E-state index contributed by atoms with van der Waals surface area (Å²) in [5.41, 5.74) is 0.475.